The molecule has 122 valence electrons. The van der Waals surface area contributed by atoms with Gasteiger partial charge in [0.1, 0.15) is 0 Å². The third-order valence-corrected chi connectivity index (χ3v) is 4.10. The van der Waals surface area contributed by atoms with Crippen molar-refractivity contribution in [2.45, 2.75) is 19.9 Å². The topological polar surface area (TPSA) is 32.3 Å². The van der Waals surface area contributed by atoms with Crippen LogP contribution in [0.25, 0.3) is 0 Å². The van der Waals surface area contributed by atoms with Gasteiger partial charge in [-0.25, -0.2) is 0 Å². The van der Waals surface area contributed by atoms with Crippen LogP contribution in [0.1, 0.15) is 18.9 Å². The Kier molecular flexibility index (Phi) is 6.75. The smallest absolute Gasteiger partial charge is 0.224 e. The van der Waals surface area contributed by atoms with Crippen LogP contribution in [0.3, 0.4) is 0 Å². The largest absolute Gasteiger partial charge is 0.383 e. The Hall–Kier alpha value is -1.71. The average molecular weight is 351 g/mol. The van der Waals surface area contributed by atoms with E-state index < -0.39 is 0 Å². The summed E-state index contributed by atoms with van der Waals surface area (Å²) in [5, 5.41) is 4.37. The van der Waals surface area contributed by atoms with Crippen LogP contribution in [0, 0.1) is 0 Å². The number of carbonyl (C=O) groups is 1. The molecule has 0 heterocycles. The highest BCUT2D eigenvalue weighted by atomic mass is 35.5. The lowest BCUT2D eigenvalue weighted by Gasteiger charge is -2.21. The van der Waals surface area contributed by atoms with E-state index in [2.05, 4.69) is 5.32 Å². The van der Waals surface area contributed by atoms with Gasteiger partial charge in [0.15, 0.2) is 0 Å². The van der Waals surface area contributed by atoms with E-state index in [0.717, 1.165) is 11.3 Å². The highest BCUT2D eigenvalue weighted by molar-refractivity contribution is 6.35. The van der Waals surface area contributed by atoms with Crippen molar-refractivity contribution in [2.75, 3.05) is 18.4 Å². The van der Waals surface area contributed by atoms with Crippen molar-refractivity contribution in [3.8, 4) is 0 Å². The van der Waals surface area contributed by atoms with E-state index in [0.29, 0.717) is 36.1 Å². The summed E-state index contributed by atoms with van der Waals surface area (Å²) in [6.45, 7) is 3.83. The monoisotopic (exact) mass is 350 g/mol. The predicted octanol–water partition coefficient (Wildman–Crippen LogP) is 4.84. The van der Waals surface area contributed by atoms with Gasteiger partial charge in [-0.05, 0) is 30.7 Å². The zero-order valence-electron chi connectivity index (χ0n) is 13.1. The third-order valence-electron chi connectivity index (χ3n) is 3.53. The molecule has 0 spiro atoms. The van der Waals surface area contributed by atoms with Gasteiger partial charge < -0.3 is 10.2 Å². The molecule has 0 fully saturated rings. The SMILES string of the molecule is CCN(Cc1ccccc1)C(=O)CCNc1cc(Cl)ccc1Cl. The molecule has 23 heavy (non-hydrogen) atoms. The second-order valence-electron chi connectivity index (χ2n) is 5.19. The number of amides is 1. The third kappa shape index (κ3) is 5.45. The molecule has 3 nitrogen and oxygen atoms in total. The van der Waals surface area contributed by atoms with Crippen LogP contribution in [0.15, 0.2) is 48.5 Å². The van der Waals surface area contributed by atoms with E-state index in [4.69, 9.17) is 23.2 Å². The van der Waals surface area contributed by atoms with Crippen molar-refractivity contribution in [3.05, 3.63) is 64.1 Å². The van der Waals surface area contributed by atoms with Gasteiger partial charge in [-0.15, -0.1) is 0 Å². The maximum Gasteiger partial charge on any atom is 0.224 e. The van der Waals surface area contributed by atoms with E-state index in [1.54, 1.807) is 18.2 Å². The van der Waals surface area contributed by atoms with E-state index >= 15 is 0 Å². The molecular weight excluding hydrogens is 331 g/mol. The summed E-state index contributed by atoms with van der Waals surface area (Å²) >= 11 is 12.0. The molecule has 0 aliphatic heterocycles. The van der Waals surface area contributed by atoms with Gasteiger partial charge >= 0.3 is 0 Å². The van der Waals surface area contributed by atoms with E-state index in [-0.39, 0.29) is 5.91 Å². The van der Waals surface area contributed by atoms with Gasteiger partial charge in [-0.3, -0.25) is 4.79 Å². The molecule has 0 aromatic heterocycles. The Bertz CT molecular complexity index is 647. The summed E-state index contributed by atoms with van der Waals surface area (Å²) in [6, 6.07) is 15.2. The van der Waals surface area contributed by atoms with Crippen LogP contribution in [-0.2, 0) is 11.3 Å². The van der Waals surface area contributed by atoms with Crippen LogP contribution in [0.5, 0.6) is 0 Å². The quantitative estimate of drug-likeness (QED) is 0.774. The first-order chi connectivity index (χ1) is 11.1. The van der Waals surface area contributed by atoms with E-state index in [1.807, 2.05) is 42.2 Å². The van der Waals surface area contributed by atoms with E-state index in [9.17, 15) is 4.79 Å². The summed E-state index contributed by atoms with van der Waals surface area (Å²) in [4.78, 5) is 14.2. The van der Waals surface area contributed by atoms with E-state index in [1.165, 1.54) is 0 Å². The molecule has 0 saturated heterocycles. The van der Waals surface area contributed by atoms with Crippen LogP contribution >= 0.6 is 23.2 Å². The minimum absolute atomic E-state index is 0.113. The number of rotatable bonds is 7. The van der Waals surface area contributed by atoms with Crippen molar-refractivity contribution in [1.82, 2.24) is 4.90 Å². The predicted molar refractivity (Wildman–Crippen MR) is 97.1 cm³/mol. The highest BCUT2D eigenvalue weighted by Gasteiger charge is 2.12. The van der Waals surface area contributed by atoms with Crippen molar-refractivity contribution in [1.29, 1.82) is 0 Å². The number of halogens is 2. The van der Waals surface area contributed by atoms with Gasteiger partial charge in [-0.2, -0.15) is 0 Å². The Labute approximate surface area is 147 Å². The summed E-state index contributed by atoms with van der Waals surface area (Å²) in [7, 11) is 0. The molecule has 0 atom stereocenters. The summed E-state index contributed by atoms with van der Waals surface area (Å²) in [6.07, 6.45) is 0.406. The summed E-state index contributed by atoms with van der Waals surface area (Å²) < 4.78 is 0. The minimum Gasteiger partial charge on any atom is -0.383 e. The first kappa shape index (κ1) is 17.6. The number of nitrogens with one attached hydrogen (secondary N) is 1. The maximum absolute atomic E-state index is 12.3. The standard InChI is InChI=1S/C18H20Cl2N2O/c1-2-22(13-14-6-4-3-5-7-14)18(23)10-11-21-17-12-15(19)8-9-16(17)20/h3-9,12,21H,2,10-11,13H2,1H3. The van der Waals surface area contributed by atoms with Crippen LogP contribution in [-0.4, -0.2) is 23.9 Å². The van der Waals surface area contributed by atoms with Crippen LogP contribution in [0.4, 0.5) is 5.69 Å². The number of nitrogens with zero attached hydrogens (tertiary/aromatic N) is 1. The normalized spacial score (nSPS) is 10.4. The number of carbonyl (C=O) groups excluding carboxylic acids is 1. The average Bonchev–Trinajstić information content (AvgIpc) is 2.56. The van der Waals surface area contributed by atoms with Crippen molar-refractivity contribution in [3.63, 3.8) is 0 Å². The fraction of sp³-hybridized carbons (Fsp3) is 0.278. The molecule has 0 aliphatic carbocycles. The zero-order valence-corrected chi connectivity index (χ0v) is 14.6. The van der Waals surface area contributed by atoms with Gasteiger partial charge in [0, 0.05) is 31.1 Å². The van der Waals surface area contributed by atoms with Crippen molar-refractivity contribution < 1.29 is 4.79 Å². The number of benzene rings is 2. The summed E-state index contributed by atoms with van der Waals surface area (Å²) in [5.41, 5.74) is 1.88. The minimum atomic E-state index is 0.113. The first-order valence-electron chi connectivity index (χ1n) is 7.60. The fourth-order valence-electron chi connectivity index (χ4n) is 2.28. The Morgan fingerprint density at radius 1 is 1.13 bits per heavy atom. The second kappa shape index (κ2) is 8.80. The summed E-state index contributed by atoms with van der Waals surface area (Å²) in [5.74, 6) is 0.113. The van der Waals surface area contributed by atoms with Gasteiger partial charge in [0.25, 0.3) is 0 Å². The fourth-order valence-corrected chi connectivity index (χ4v) is 2.63. The molecule has 0 saturated carbocycles. The molecule has 0 unspecified atom stereocenters. The lowest BCUT2D eigenvalue weighted by molar-refractivity contribution is -0.131. The highest BCUT2D eigenvalue weighted by Crippen LogP contribution is 2.25. The molecule has 0 radical (unpaired) electrons. The lowest BCUT2D eigenvalue weighted by Crippen LogP contribution is -2.31. The van der Waals surface area contributed by atoms with Crippen LogP contribution < -0.4 is 5.32 Å². The van der Waals surface area contributed by atoms with Gasteiger partial charge in [-0.1, -0.05) is 53.5 Å². The second-order valence-corrected chi connectivity index (χ2v) is 6.04. The molecule has 5 heteroatoms. The molecule has 1 N–H and O–H groups in total. The number of hydrogen-bond acceptors (Lipinski definition) is 2. The van der Waals surface area contributed by atoms with Crippen LogP contribution in [0.2, 0.25) is 10.0 Å². The number of hydrogen-bond donors (Lipinski definition) is 1. The molecule has 0 bridgehead atoms. The molecular formula is C18H20Cl2N2O. The first-order valence-corrected chi connectivity index (χ1v) is 8.36. The number of anilines is 1. The Morgan fingerprint density at radius 2 is 1.87 bits per heavy atom. The molecule has 2 aromatic rings. The molecule has 0 aliphatic rings. The van der Waals surface area contributed by atoms with Gasteiger partial charge in [0.05, 0.1) is 10.7 Å². The Balaban J connectivity index is 1.86. The molecule has 2 rings (SSSR count). The zero-order chi connectivity index (χ0) is 16.7. The lowest BCUT2D eigenvalue weighted by atomic mass is 10.2. The van der Waals surface area contributed by atoms with Crippen molar-refractivity contribution in [2.24, 2.45) is 0 Å². The van der Waals surface area contributed by atoms with Crippen molar-refractivity contribution >= 4 is 34.8 Å². The Morgan fingerprint density at radius 3 is 2.57 bits per heavy atom. The maximum atomic E-state index is 12.3. The molecule has 1 amide bonds. The van der Waals surface area contributed by atoms with Gasteiger partial charge in [0.2, 0.25) is 5.91 Å². The molecule has 2 aromatic carbocycles.